The predicted molar refractivity (Wildman–Crippen MR) is 94.9 cm³/mol. The predicted octanol–water partition coefficient (Wildman–Crippen LogP) is 2.53. The lowest BCUT2D eigenvalue weighted by Gasteiger charge is -2.35. The third-order valence-electron chi connectivity index (χ3n) is 5.14. The van der Waals surface area contributed by atoms with Crippen LogP contribution in [0.25, 0.3) is 0 Å². The van der Waals surface area contributed by atoms with Gasteiger partial charge < -0.3 is 4.90 Å². The van der Waals surface area contributed by atoms with Gasteiger partial charge in [0.15, 0.2) is 0 Å². The SMILES string of the molecule is CS(=O)(=O)N[C@@H]1[C@H](Cc2cccc(Cl)c2F)N(C(=O)C2CC(F)C2)CC1(F)F. The molecule has 28 heavy (non-hydrogen) atoms. The Bertz CT molecular complexity index is 877. The first-order valence-electron chi connectivity index (χ1n) is 8.61. The van der Waals surface area contributed by atoms with Crippen LogP contribution in [0.3, 0.4) is 0 Å². The maximum Gasteiger partial charge on any atom is 0.283 e. The van der Waals surface area contributed by atoms with Crippen LogP contribution in [0.1, 0.15) is 18.4 Å². The Morgan fingerprint density at radius 2 is 2.00 bits per heavy atom. The van der Waals surface area contributed by atoms with Gasteiger partial charge in [-0.05, 0) is 30.9 Å². The van der Waals surface area contributed by atoms with Crippen LogP contribution < -0.4 is 4.72 Å². The number of amides is 1. The molecule has 3 rings (SSSR count). The zero-order valence-corrected chi connectivity index (χ0v) is 16.4. The topological polar surface area (TPSA) is 66.5 Å². The lowest BCUT2D eigenvalue weighted by Crippen LogP contribution is -2.53. The highest BCUT2D eigenvalue weighted by Gasteiger charge is 2.58. The molecule has 1 aliphatic carbocycles. The number of likely N-dealkylation sites (tertiary alicyclic amines) is 1. The van der Waals surface area contributed by atoms with E-state index in [1.54, 1.807) is 0 Å². The monoisotopic (exact) mass is 442 g/mol. The van der Waals surface area contributed by atoms with Crippen LogP contribution in [0.5, 0.6) is 0 Å². The summed E-state index contributed by atoms with van der Waals surface area (Å²) in [7, 11) is -4.04. The summed E-state index contributed by atoms with van der Waals surface area (Å²) in [5, 5.41) is -0.216. The molecule has 0 bridgehead atoms. The minimum atomic E-state index is -4.04. The molecule has 2 aliphatic rings. The molecule has 1 saturated carbocycles. The maximum absolute atomic E-state index is 14.6. The van der Waals surface area contributed by atoms with Gasteiger partial charge in [0.2, 0.25) is 15.9 Å². The average Bonchev–Trinajstić information content (AvgIpc) is 2.78. The molecule has 0 aromatic heterocycles. The average molecular weight is 443 g/mol. The summed E-state index contributed by atoms with van der Waals surface area (Å²) in [6.45, 7) is -1.03. The number of sulfonamides is 1. The molecule has 2 atom stereocenters. The quantitative estimate of drug-likeness (QED) is 0.713. The molecule has 1 aliphatic heterocycles. The number of carbonyl (C=O) groups is 1. The van der Waals surface area contributed by atoms with Gasteiger partial charge in [0.05, 0.1) is 23.9 Å². The van der Waals surface area contributed by atoms with Gasteiger partial charge >= 0.3 is 0 Å². The Morgan fingerprint density at radius 1 is 1.36 bits per heavy atom. The van der Waals surface area contributed by atoms with E-state index in [1.807, 2.05) is 4.72 Å². The molecular weight excluding hydrogens is 424 g/mol. The van der Waals surface area contributed by atoms with Crippen molar-refractivity contribution in [1.82, 2.24) is 9.62 Å². The van der Waals surface area contributed by atoms with Crippen molar-refractivity contribution in [2.24, 2.45) is 5.92 Å². The van der Waals surface area contributed by atoms with E-state index in [9.17, 15) is 30.8 Å². The Kier molecular flexibility index (Phi) is 5.68. The highest BCUT2D eigenvalue weighted by atomic mass is 35.5. The minimum absolute atomic E-state index is 0.0229. The number of alkyl halides is 3. The van der Waals surface area contributed by atoms with Gasteiger partial charge in [0.25, 0.3) is 5.92 Å². The molecule has 1 heterocycles. The second-order valence-corrected chi connectivity index (χ2v) is 9.53. The van der Waals surface area contributed by atoms with Crippen molar-refractivity contribution in [1.29, 1.82) is 0 Å². The number of hydrogen-bond acceptors (Lipinski definition) is 3. The van der Waals surface area contributed by atoms with Crippen molar-refractivity contribution in [3.05, 3.63) is 34.6 Å². The molecule has 156 valence electrons. The fourth-order valence-corrected chi connectivity index (χ4v) is 4.67. The Labute approximate surface area is 165 Å². The summed E-state index contributed by atoms with van der Waals surface area (Å²) >= 11 is 5.74. The van der Waals surface area contributed by atoms with E-state index < -0.39 is 58.4 Å². The second kappa shape index (κ2) is 7.46. The van der Waals surface area contributed by atoms with Crippen molar-refractivity contribution in [2.45, 2.75) is 43.4 Å². The van der Waals surface area contributed by atoms with Gasteiger partial charge in [-0.15, -0.1) is 0 Å². The summed E-state index contributed by atoms with van der Waals surface area (Å²) < 4.78 is 81.8. The number of nitrogens with zero attached hydrogens (tertiary/aromatic N) is 1. The van der Waals surface area contributed by atoms with Crippen LogP contribution in [0.2, 0.25) is 5.02 Å². The largest absolute Gasteiger partial charge is 0.331 e. The van der Waals surface area contributed by atoms with Crippen LogP contribution in [0.15, 0.2) is 18.2 Å². The normalized spacial score (nSPS) is 29.6. The van der Waals surface area contributed by atoms with E-state index in [0.717, 1.165) is 11.2 Å². The molecule has 0 unspecified atom stereocenters. The van der Waals surface area contributed by atoms with Crippen molar-refractivity contribution >= 4 is 27.5 Å². The molecule has 1 amide bonds. The van der Waals surface area contributed by atoms with Crippen LogP contribution in [0, 0.1) is 11.7 Å². The fourth-order valence-electron chi connectivity index (χ4n) is 3.68. The fraction of sp³-hybridized carbons (Fsp3) is 0.588. The molecule has 5 nitrogen and oxygen atoms in total. The van der Waals surface area contributed by atoms with Gasteiger partial charge in [-0.25, -0.2) is 30.7 Å². The van der Waals surface area contributed by atoms with Crippen LogP contribution in [-0.4, -0.2) is 56.2 Å². The van der Waals surface area contributed by atoms with Crippen molar-refractivity contribution in [2.75, 3.05) is 12.8 Å². The lowest BCUT2D eigenvalue weighted by atomic mass is 9.82. The van der Waals surface area contributed by atoms with Crippen LogP contribution in [-0.2, 0) is 21.2 Å². The van der Waals surface area contributed by atoms with E-state index in [0.29, 0.717) is 0 Å². The molecule has 0 radical (unpaired) electrons. The summed E-state index contributed by atoms with van der Waals surface area (Å²) in [5.41, 5.74) is -0.0229. The summed E-state index contributed by atoms with van der Waals surface area (Å²) in [6, 6.07) is 0.765. The van der Waals surface area contributed by atoms with E-state index in [-0.39, 0.29) is 29.8 Å². The molecule has 1 N–H and O–H groups in total. The first-order chi connectivity index (χ1) is 12.9. The molecule has 1 aromatic carbocycles. The minimum Gasteiger partial charge on any atom is -0.331 e. The number of benzene rings is 1. The first kappa shape index (κ1) is 21.3. The molecule has 0 spiro atoms. The van der Waals surface area contributed by atoms with E-state index in [4.69, 9.17) is 11.6 Å². The lowest BCUT2D eigenvalue weighted by molar-refractivity contribution is -0.142. The standard InChI is InChI=1S/C17H19ClF4N2O3S/c1-28(26,27)23-15-13(7-9-3-2-4-12(18)14(9)20)24(8-17(15,21)22)16(25)10-5-11(19)6-10/h2-4,10-11,13,15,23H,5-8H2,1H3/t10?,11?,13-,15+/m0/s1. The second-order valence-electron chi connectivity index (χ2n) is 7.34. The summed E-state index contributed by atoms with van der Waals surface area (Å²) in [6.07, 6.45) is -0.936. The first-order valence-corrected chi connectivity index (χ1v) is 10.9. The number of rotatable bonds is 5. The van der Waals surface area contributed by atoms with E-state index in [1.165, 1.54) is 18.2 Å². The Hall–Kier alpha value is -1.39. The third kappa shape index (κ3) is 4.28. The molecule has 11 heteroatoms. The van der Waals surface area contributed by atoms with Gasteiger partial charge in [0, 0.05) is 5.92 Å². The third-order valence-corrected chi connectivity index (χ3v) is 6.11. The molecule has 1 aromatic rings. The van der Waals surface area contributed by atoms with Crippen LogP contribution >= 0.6 is 11.6 Å². The van der Waals surface area contributed by atoms with Crippen molar-refractivity contribution in [3.8, 4) is 0 Å². The number of carbonyl (C=O) groups excluding carboxylic acids is 1. The Balaban J connectivity index is 1.95. The summed E-state index contributed by atoms with van der Waals surface area (Å²) in [5.74, 6) is -5.82. The number of hydrogen-bond donors (Lipinski definition) is 1. The number of nitrogens with one attached hydrogen (secondary N) is 1. The van der Waals surface area contributed by atoms with Gasteiger partial charge in [0.1, 0.15) is 18.0 Å². The smallest absolute Gasteiger partial charge is 0.283 e. The van der Waals surface area contributed by atoms with Gasteiger partial charge in [-0.2, -0.15) is 0 Å². The highest BCUT2D eigenvalue weighted by Crippen LogP contribution is 2.39. The number of halogens is 5. The summed E-state index contributed by atoms with van der Waals surface area (Å²) in [4.78, 5) is 13.5. The molecular formula is C17H19ClF4N2O3S. The zero-order chi connectivity index (χ0) is 20.9. The van der Waals surface area contributed by atoms with Gasteiger partial charge in [-0.3, -0.25) is 4.79 Å². The zero-order valence-electron chi connectivity index (χ0n) is 14.8. The molecule has 1 saturated heterocycles. The van der Waals surface area contributed by atoms with E-state index in [2.05, 4.69) is 0 Å². The van der Waals surface area contributed by atoms with Gasteiger partial charge in [-0.1, -0.05) is 23.7 Å². The molecule has 2 fully saturated rings. The van der Waals surface area contributed by atoms with E-state index >= 15 is 0 Å². The van der Waals surface area contributed by atoms with Crippen LogP contribution in [0.4, 0.5) is 17.6 Å². The maximum atomic E-state index is 14.6. The van der Waals surface area contributed by atoms with Crippen molar-refractivity contribution in [3.63, 3.8) is 0 Å². The van der Waals surface area contributed by atoms with Crippen molar-refractivity contribution < 1.29 is 30.8 Å². The highest BCUT2D eigenvalue weighted by molar-refractivity contribution is 7.88. The Morgan fingerprint density at radius 3 is 2.57 bits per heavy atom.